The molecule has 0 aromatic rings. The van der Waals surface area contributed by atoms with Gasteiger partial charge in [-0.05, 0) is 38.0 Å². The number of hydrogen-bond acceptors (Lipinski definition) is 2. The molecule has 0 unspecified atom stereocenters. The van der Waals surface area contributed by atoms with Gasteiger partial charge in [-0.1, -0.05) is 6.08 Å². The first-order valence-corrected chi connectivity index (χ1v) is 7.57. The normalized spacial score (nSPS) is 39.0. The van der Waals surface area contributed by atoms with E-state index in [1.807, 2.05) is 0 Å². The maximum Gasteiger partial charge on any atom is 0.222 e. The predicted molar refractivity (Wildman–Crippen MR) is 69.8 cm³/mol. The van der Waals surface area contributed by atoms with Crippen LogP contribution in [-0.4, -0.2) is 41.4 Å². The number of nitrogens with zero attached hydrogens (tertiary/aromatic N) is 2. The molecule has 4 aliphatic rings. The van der Waals surface area contributed by atoms with Crippen LogP contribution in [0.1, 0.15) is 38.5 Å². The van der Waals surface area contributed by atoms with Gasteiger partial charge >= 0.3 is 0 Å². The lowest BCUT2D eigenvalue weighted by molar-refractivity contribution is -0.143. The summed E-state index contributed by atoms with van der Waals surface area (Å²) in [5.41, 5.74) is 1.56. The van der Waals surface area contributed by atoms with Crippen LogP contribution >= 0.6 is 0 Å². The van der Waals surface area contributed by atoms with Gasteiger partial charge in [0.2, 0.25) is 5.91 Å². The van der Waals surface area contributed by atoms with Crippen LogP contribution in [0.15, 0.2) is 11.8 Å². The summed E-state index contributed by atoms with van der Waals surface area (Å²) in [7, 11) is 0. The van der Waals surface area contributed by atoms with Crippen molar-refractivity contribution >= 4 is 5.91 Å². The zero-order valence-corrected chi connectivity index (χ0v) is 11.0. The van der Waals surface area contributed by atoms with Crippen LogP contribution in [0.3, 0.4) is 0 Å². The van der Waals surface area contributed by atoms with E-state index in [0.29, 0.717) is 17.9 Å². The van der Waals surface area contributed by atoms with Crippen LogP contribution in [0.2, 0.25) is 0 Å². The minimum atomic E-state index is 0.422. The Balaban J connectivity index is 1.65. The highest BCUT2D eigenvalue weighted by molar-refractivity contribution is 5.77. The quantitative estimate of drug-likeness (QED) is 0.652. The van der Waals surface area contributed by atoms with E-state index in [0.717, 1.165) is 25.3 Å². The lowest BCUT2D eigenvalue weighted by atomic mass is 9.74. The number of allylic oxidation sites excluding steroid dienone is 1. The van der Waals surface area contributed by atoms with E-state index in [9.17, 15) is 4.79 Å². The molecule has 0 radical (unpaired) electrons. The van der Waals surface area contributed by atoms with Crippen molar-refractivity contribution < 1.29 is 4.79 Å². The van der Waals surface area contributed by atoms with Crippen LogP contribution in [-0.2, 0) is 4.79 Å². The smallest absolute Gasteiger partial charge is 0.222 e. The third-order valence-corrected chi connectivity index (χ3v) is 5.38. The highest BCUT2D eigenvalue weighted by atomic mass is 16.2. The molecule has 98 valence electrons. The molecule has 4 heterocycles. The molecule has 2 bridgehead atoms. The maximum atomic E-state index is 12.1. The molecule has 4 rings (SSSR count). The largest absolute Gasteiger partial charge is 0.374 e. The van der Waals surface area contributed by atoms with Gasteiger partial charge in [-0.2, -0.15) is 0 Å². The van der Waals surface area contributed by atoms with Gasteiger partial charge in [-0.3, -0.25) is 4.79 Å². The molecule has 3 saturated heterocycles. The van der Waals surface area contributed by atoms with Crippen molar-refractivity contribution in [1.29, 1.82) is 0 Å². The molecule has 3 atom stereocenters. The molecule has 0 N–H and O–H groups in total. The topological polar surface area (TPSA) is 23.6 Å². The van der Waals surface area contributed by atoms with E-state index in [4.69, 9.17) is 0 Å². The predicted octanol–water partition coefficient (Wildman–Crippen LogP) is 2.00. The van der Waals surface area contributed by atoms with Crippen molar-refractivity contribution in [2.75, 3.05) is 19.6 Å². The number of amides is 1. The van der Waals surface area contributed by atoms with E-state index >= 15 is 0 Å². The van der Waals surface area contributed by atoms with Crippen molar-refractivity contribution in [2.45, 2.75) is 44.6 Å². The van der Waals surface area contributed by atoms with Crippen LogP contribution < -0.4 is 0 Å². The Morgan fingerprint density at radius 3 is 3.11 bits per heavy atom. The molecule has 3 heteroatoms. The van der Waals surface area contributed by atoms with Gasteiger partial charge in [0, 0.05) is 43.7 Å². The Bertz CT molecular complexity index is 403. The second-order valence-corrected chi connectivity index (χ2v) is 6.42. The number of carbonyl (C=O) groups excluding carboxylic acids is 1. The molecule has 0 spiro atoms. The van der Waals surface area contributed by atoms with Crippen molar-refractivity contribution in [2.24, 2.45) is 11.8 Å². The van der Waals surface area contributed by atoms with Gasteiger partial charge in [0.25, 0.3) is 0 Å². The summed E-state index contributed by atoms with van der Waals surface area (Å²) in [6.07, 6.45) is 9.48. The molecule has 0 aliphatic carbocycles. The van der Waals surface area contributed by atoms with E-state index in [1.165, 1.54) is 38.8 Å². The van der Waals surface area contributed by atoms with E-state index < -0.39 is 0 Å². The number of fused-ring (bicyclic) bond motifs is 6. The summed E-state index contributed by atoms with van der Waals surface area (Å²) in [5.74, 6) is 1.80. The van der Waals surface area contributed by atoms with Gasteiger partial charge < -0.3 is 9.80 Å². The Kier molecular flexibility index (Phi) is 2.42. The molecule has 0 aromatic carbocycles. The van der Waals surface area contributed by atoms with Gasteiger partial charge in [0.05, 0.1) is 0 Å². The zero-order chi connectivity index (χ0) is 12.1. The SMILES string of the molecule is O=C1CCC[C@H]2[C@H]3C[C@@H](CN12)C1=CCCCN1C3. The second-order valence-electron chi connectivity index (χ2n) is 6.42. The number of rotatable bonds is 0. The Morgan fingerprint density at radius 2 is 2.17 bits per heavy atom. The lowest BCUT2D eigenvalue weighted by Crippen LogP contribution is -2.60. The Hall–Kier alpha value is -0.990. The summed E-state index contributed by atoms with van der Waals surface area (Å²) >= 11 is 0. The third-order valence-electron chi connectivity index (χ3n) is 5.38. The Labute approximate surface area is 109 Å². The van der Waals surface area contributed by atoms with Crippen molar-refractivity contribution in [3.8, 4) is 0 Å². The van der Waals surface area contributed by atoms with Gasteiger partial charge in [0.15, 0.2) is 0 Å². The van der Waals surface area contributed by atoms with Gasteiger partial charge in [0.1, 0.15) is 0 Å². The zero-order valence-electron chi connectivity index (χ0n) is 11.0. The number of piperidine rings is 3. The standard InChI is InChI=1S/C15H22N2O/c18-15-6-3-5-14-11-8-12(10-17(14)15)13-4-1-2-7-16(13)9-11/h4,11-12,14H,1-3,5-10H2/t11-,12-,14-/m0/s1. The average Bonchev–Trinajstić information content (AvgIpc) is 2.40. The van der Waals surface area contributed by atoms with E-state index in [2.05, 4.69) is 15.9 Å². The second kappa shape index (κ2) is 4.01. The summed E-state index contributed by atoms with van der Waals surface area (Å²) in [6.45, 7) is 3.46. The summed E-state index contributed by atoms with van der Waals surface area (Å²) in [4.78, 5) is 17.0. The molecular formula is C15H22N2O. The molecule has 18 heavy (non-hydrogen) atoms. The van der Waals surface area contributed by atoms with Crippen LogP contribution in [0.25, 0.3) is 0 Å². The fraction of sp³-hybridized carbons (Fsp3) is 0.800. The summed E-state index contributed by atoms with van der Waals surface area (Å²) in [5, 5.41) is 0. The van der Waals surface area contributed by atoms with E-state index in [1.54, 1.807) is 5.70 Å². The first kappa shape index (κ1) is 10.9. The fourth-order valence-corrected chi connectivity index (χ4v) is 4.61. The molecule has 0 saturated carbocycles. The number of carbonyl (C=O) groups is 1. The van der Waals surface area contributed by atoms with Crippen LogP contribution in [0.5, 0.6) is 0 Å². The molecular weight excluding hydrogens is 224 g/mol. The van der Waals surface area contributed by atoms with Crippen molar-refractivity contribution in [3.05, 3.63) is 11.8 Å². The van der Waals surface area contributed by atoms with Gasteiger partial charge in [-0.15, -0.1) is 0 Å². The maximum absolute atomic E-state index is 12.1. The van der Waals surface area contributed by atoms with Crippen molar-refractivity contribution in [1.82, 2.24) is 9.80 Å². The van der Waals surface area contributed by atoms with Crippen molar-refractivity contribution in [3.63, 3.8) is 0 Å². The molecule has 1 amide bonds. The molecule has 0 aromatic heterocycles. The monoisotopic (exact) mass is 246 g/mol. The average molecular weight is 246 g/mol. The first-order valence-electron chi connectivity index (χ1n) is 7.57. The summed E-state index contributed by atoms with van der Waals surface area (Å²) < 4.78 is 0. The highest BCUT2D eigenvalue weighted by Gasteiger charge is 2.45. The molecule has 3 nitrogen and oxygen atoms in total. The summed E-state index contributed by atoms with van der Waals surface area (Å²) in [6, 6.07) is 0.561. The van der Waals surface area contributed by atoms with E-state index in [-0.39, 0.29) is 0 Å². The van der Waals surface area contributed by atoms with Gasteiger partial charge in [-0.25, -0.2) is 0 Å². The Morgan fingerprint density at radius 1 is 1.22 bits per heavy atom. The highest BCUT2D eigenvalue weighted by Crippen LogP contribution is 2.43. The minimum absolute atomic E-state index is 0.422. The first-order chi connectivity index (χ1) is 8.83. The third kappa shape index (κ3) is 1.52. The minimum Gasteiger partial charge on any atom is -0.374 e. The number of hydrogen-bond donors (Lipinski definition) is 0. The fourth-order valence-electron chi connectivity index (χ4n) is 4.61. The molecule has 3 fully saturated rings. The lowest BCUT2D eigenvalue weighted by Gasteiger charge is -2.54. The molecule has 4 aliphatic heterocycles. The van der Waals surface area contributed by atoms with Crippen LogP contribution in [0, 0.1) is 11.8 Å². The van der Waals surface area contributed by atoms with Crippen LogP contribution in [0.4, 0.5) is 0 Å².